The number of unbranched alkanes of at least 4 members (excludes halogenated alkanes) is 1. The molecule has 3 heteroatoms. The molecule has 1 aromatic rings. The Labute approximate surface area is 102 Å². The number of benzene rings is 1. The fourth-order valence-electron chi connectivity index (χ4n) is 2.17. The second kappa shape index (κ2) is 6.70. The Morgan fingerprint density at radius 1 is 1.18 bits per heavy atom. The summed E-state index contributed by atoms with van der Waals surface area (Å²) < 4.78 is 27.2. The monoisotopic (exact) mass is 241 g/mol. The van der Waals surface area contributed by atoms with Crippen LogP contribution in [0.25, 0.3) is 0 Å². The molecule has 0 aliphatic heterocycles. The molecule has 2 unspecified atom stereocenters. The molecule has 0 amide bonds. The molecule has 2 N–H and O–H groups in total. The quantitative estimate of drug-likeness (QED) is 0.794. The van der Waals surface area contributed by atoms with Gasteiger partial charge in [0.15, 0.2) is 0 Å². The molecule has 0 saturated heterocycles. The van der Waals surface area contributed by atoms with Crippen LogP contribution in [0.5, 0.6) is 0 Å². The fourth-order valence-corrected chi connectivity index (χ4v) is 2.17. The number of nitrogens with two attached hydrogens (primary N) is 1. The van der Waals surface area contributed by atoms with E-state index in [1.807, 2.05) is 6.92 Å². The highest BCUT2D eigenvalue weighted by Crippen LogP contribution is 2.30. The summed E-state index contributed by atoms with van der Waals surface area (Å²) in [6, 6.07) is 3.36. The molecule has 1 nitrogen and oxygen atoms in total. The Balaban J connectivity index is 2.89. The molecule has 96 valence electrons. The van der Waals surface area contributed by atoms with Gasteiger partial charge in [-0.2, -0.15) is 0 Å². The average molecular weight is 241 g/mol. The Bertz CT molecular complexity index is 332. The Morgan fingerprint density at radius 3 is 2.24 bits per heavy atom. The van der Waals surface area contributed by atoms with Crippen molar-refractivity contribution < 1.29 is 8.78 Å². The van der Waals surface area contributed by atoms with Crippen molar-refractivity contribution in [3.63, 3.8) is 0 Å². The van der Waals surface area contributed by atoms with Crippen molar-refractivity contribution in [3.05, 3.63) is 35.4 Å². The van der Waals surface area contributed by atoms with Crippen LogP contribution < -0.4 is 5.73 Å². The molecule has 0 aliphatic carbocycles. The molecular formula is C14H21F2N. The maximum absolute atomic E-state index is 13.6. The van der Waals surface area contributed by atoms with E-state index in [-0.39, 0.29) is 11.5 Å². The van der Waals surface area contributed by atoms with Gasteiger partial charge in [0.1, 0.15) is 11.6 Å². The van der Waals surface area contributed by atoms with Crippen LogP contribution in [0.1, 0.15) is 51.1 Å². The number of rotatable bonds is 6. The highest BCUT2D eigenvalue weighted by Gasteiger charge is 2.23. The fraction of sp³-hybridized carbons (Fsp3) is 0.571. The van der Waals surface area contributed by atoms with Gasteiger partial charge in [0, 0.05) is 11.6 Å². The Morgan fingerprint density at radius 2 is 1.76 bits per heavy atom. The van der Waals surface area contributed by atoms with Gasteiger partial charge in [-0.1, -0.05) is 39.2 Å². The molecule has 17 heavy (non-hydrogen) atoms. The second-order valence-electron chi connectivity index (χ2n) is 4.47. The Kier molecular flexibility index (Phi) is 5.56. The van der Waals surface area contributed by atoms with Gasteiger partial charge in [0.25, 0.3) is 0 Å². The molecule has 1 rings (SSSR count). The lowest BCUT2D eigenvalue weighted by Crippen LogP contribution is -2.23. The first-order chi connectivity index (χ1) is 8.11. The van der Waals surface area contributed by atoms with E-state index in [0.717, 1.165) is 25.7 Å². The van der Waals surface area contributed by atoms with Crippen molar-refractivity contribution in [1.82, 2.24) is 0 Å². The average Bonchev–Trinajstić information content (AvgIpc) is 2.30. The molecule has 0 spiro atoms. The minimum Gasteiger partial charge on any atom is -0.324 e. The van der Waals surface area contributed by atoms with Crippen molar-refractivity contribution >= 4 is 0 Å². The van der Waals surface area contributed by atoms with E-state index in [0.29, 0.717) is 0 Å². The van der Waals surface area contributed by atoms with Crippen LogP contribution in [0.4, 0.5) is 8.78 Å². The molecular weight excluding hydrogens is 220 g/mol. The van der Waals surface area contributed by atoms with Crippen molar-refractivity contribution in [2.24, 2.45) is 11.7 Å². The molecule has 0 aliphatic rings. The number of halogens is 2. The summed E-state index contributed by atoms with van der Waals surface area (Å²) in [5.74, 6) is -0.929. The van der Waals surface area contributed by atoms with Gasteiger partial charge in [-0.25, -0.2) is 8.78 Å². The zero-order valence-corrected chi connectivity index (χ0v) is 10.5. The van der Waals surface area contributed by atoms with Crippen LogP contribution in [-0.2, 0) is 0 Å². The summed E-state index contributed by atoms with van der Waals surface area (Å²) in [4.78, 5) is 0. The first-order valence-electron chi connectivity index (χ1n) is 6.31. The van der Waals surface area contributed by atoms with Gasteiger partial charge in [-0.15, -0.1) is 0 Å². The van der Waals surface area contributed by atoms with Gasteiger partial charge in [0.05, 0.1) is 0 Å². The standard InChI is InChI=1S/C14H21F2N/c1-3-5-7-10(4-2)14(17)13-11(15)8-6-9-12(13)16/h6,8-10,14H,3-5,7,17H2,1-2H3. The molecule has 0 aromatic heterocycles. The highest BCUT2D eigenvalue weighted by molar-refractivity contribution is 5.23. The summed E-state index contributed by atoms with van der Waals surface area (Å²) in [5.41, 5.74) is 6.05. The third-order valence-corrected chi connectivity index (χ3v) is 3.29. The maximum atomic E-state index is 13.6. The minimum atomic E-state index is -0.548. The van der Waals surface area contributed by atoms with Crippen LogP contribution in [0, 0.1) is 17.6 Å². The Hall–Kier alpha value is -0.960. The first-order valence-corrected chi connectivity index (χ1v) is 6.31. The van der Waals surface area contributed by atoms with Crippen molar-refractivity contribution in [1.29, 1.82) is 0 Å². The van der Waals surface area contributed by atoms with Gasteiger partial charge >= 0.3 is 0 Å². The maximum Gasteiger partial charge on any atom is 0.130 e. The summed E-state index contributed by atoms with van der Waals surface area (Å²) >= 11 is 0. The molecule has 0 fully saturated rings. The van der Waals surface area contributed by atoms with Crippen LogP contribution in [0.3, 0.4) is 0 Å². The normalized spacial score (nSPS) is 14.6. The lowest BCUT2D eigenvalue weighted by Gasteiger charge is -2.23. The molecule has 2 atom stereocenters. The summed E-state index contributed by atoms with van der Waals surface area (Å²) in [6.45, 7) is 4.11. The van der Waals surface area contributed by atoms with Crippen molar-refractivity contribution in [2.45, 2.75) is 45.6 Å². The topological polar surface area (TPSA) is 26.0 Å². The van der Waals surface area contributed by atoms with E-state index >= 15 is 0 Å². The predicted molar refractivity (Wildman–Crippen MR) is 66.6 cm³/mol. The van der Waals surface area contributed by atoms with Crippen molar-refractivity contribution in [3.8, 4) is 0 Å². The highest BCUT2D eigenvalue weighted by atomic mass is 19.1. The van der Waals surface area contributed by atoms with E-state index in [9.17, 15) is 8.78 Å². The van der Waals surface area contributed by atoms with E-state index in [2.05, 4.69) is 6.92 Å². The lowest BCUT2D eigenvalue weighted by molar-refractivity contribution is 0.359. The van der Waals surface area contributed by atoms with E-state index in [4.69, 9.17) is 5.73 Å². The van der Waals surface area contributed by atoms with Crippen LogP contribution in [-0.4, -0.2) is 0 Å². The van der Waals surface area contributed by atoms with Crippen LogP contribution >= 0.6 is 0 Å². The largest absolute Gasteiger partial charge is 0.324 e. The number of hydrogen-bond acceptors (Lipinski definition) is 1. The summed E-state index contributed by atoms with van der Waals surface area (Å²) in [5, 5.41) is 0. The lowest BCUT2D eigenvalue weighted by atomic mass is 9.87. The van der Waals surface area contributed by atoms with E-state index < -0.39 is 17.7 Å². The molecule has 1 aromatic carbocycles. The van der Waals surface area contributed by atoms with Gasteiger partial charge in [-0.05, 0) is 24.5 Å². The van der Waals surface area contributed by atoms with Crippen LogP contribution in [0.2, 0.25) is 0 Å². The molecule has 0 saturated carbocycles. The third kappa shape index (κ3) is 3.50. The molecule has 0 bridgehead atoms. The zero-order chi connectivity index (χ0) is 12.8. The SMILES string of the molecule is CCCCC(CC)C(N)c1c(F)cccc1F. The van der Waals surface area contributed by atoms with E-state index in [1.54, 1.807) is 0 Å². The van der Waals surface area contributed by atoms with Crippen molar-refractivity contribution in [2.75, 3.05) is 0 Å². The number of hydrogen-bond donors (Lipinski definition) is 1. The summed E-state index contributed by atoms with van der Waals surface area (Å²) in [6.07, 6.45) is 3.88. The molecule has 0 heterocycles. The molecule has 0 radical (unpaired) electrons. The third-order valence-electron chi connectivity index (χ3n) is 3.29. The minimum absolute atomic E-state index is 0.0375. The van der Waals surface area contributed by atoms with Crippen LogP contribution in [0.15, 0.2) is 18.2 Å². The second-order valence-corrected chi connectivity index (χ2v) is 4.47. The zero-order valence-electron chi connectivity index (χ0n) is 10.5. The van der Waals surface area contributed by atoms with E-state index in [1.165, 1.54) is 18.2 Å². The predicted octanol–water partition coefficient (Wildman–Crippen LogP) is 4.18. The smallest absolute Gasteiger partial charge is 0.130 e. The first kappa shape index (κ1) is 14.1. The van der Waals surface area contributed by atoms with Gasteiger partial charge in [0.2, 0.25) is 0 Å². The van der Waals surface area contributed by atoms with Gasteiger partial charge < -0.3 is 5.73 Å². The summed E-state index contributed by atoms with van der Waals surface area (Å²) in [7, 11) is 0. The van der Waals surface area contributed by atoms with Gasteiger partial charge in [-0.3, -0.25) is 0 Å².